The van der Waals surface area contributed by atoms with Crippen molar-refractivity contribution in [3.8, 4) is 11.6 Å². The Balaban J connectivity index is 1.52. The molecule has 4 rings (SSSR count). The third-order valence-electron chi connectivity index (χ3n) is 4.50. The van der Waals surface area contributed by atoms with E-state index in [-0.39, 0.29) is 18.0 Å². The van der Waals surface area contributed by atoms with Crippen LogP contribution in [-0.4, -0.2) is 46.4 Å². The molecular formula is C18H19N5O4S. The monoisotopic (exact) mass is 401 g/mol. The molecule has 0 spiro atoms. The van der Waals surface area contributed by atoms with Crippen molar-refractivity contribution in [2.75, 3.05) is 13.7 Å². The summed E-state index contributed by atoms with van der Waals surface area (Å²) in [6.07, 6.45) is 1.64. The number of nitrogens with zero attached hydrogens (tertiary/aromatic N) is 5. The number of methoxy groups -OCH3 is 1. The Labute approximate surface area is 162 Å². The summed E-state index contributed by atoms with van der Waals surface area (Å²) in [6.45, 7) is 1.11. The van der Waals surface area contributed by atoms with Gasteiger partial charge in [0.05, 0.1) is 30.8 Å². The summed E-state index contributed by atoms with van der Waals surface area (Å²) in [5.41, 5.74) is 1.32. The van der Waals surface area contributed by atoms with Crippen molar-refractivity contribution in [3.05, 3.63) is 60.0 Å². The van der Waals surface area contributed by atoms with E-state index in [2.05, 4.69) is 15.3 Å². The maximum atomic E-state index is 13.0. The van der Waals surface area contributed by atoms with Crippen molar-refractivity contribution < 1.29 is 17.9 Å². The summed E-state index contributed by atoms with van der Waals surface area (Å²) in [5.74, 6) is 1.08. The van der Waals surface area contributed by atoms with Crippen LogP contribution in [0, 0.1) is 0 Å². The van der Waals surface area contributed by atoms with E-state index >= 15 is 0 Å². The summed E-state index contributed by atoms with van der Waals surface area (Å²) in [4.78, 5) is 4.33. The van der Waals surface area contributed by atoms with Gasteiger partial charge >= 0.3 is 0 Å². The van der Waals surface area contributed by atoms with Gasteiger partial charge in [-0.3, -0.25) is 0 Å². The van der Waals surface area contributed by atoms with Crippen LogP contribution < -0.4 is 9.47 Å². The van der Waals surface area contributed by atoms with Crippen LogP contribution in [0.3, 0.4) is 0 Å². The number of aromatic nitrogens is 4. The van der Waals surface area contributed by atoms with Gasteiger partial charge in [-0.2, -0.15) is 4.31 Å². The Kier molecular flexibility index (Phi) is 4.97. The topological polar surface area (TPSA) is 99.4 Å². The van der Waals surface area contributed by atoms with Gasteiger partial charge in [-0.1, -0.05) is 11.3 Å². The van der Waals surface area contributed by atoms with E-state index in [0.717, 1.165) is 5.69 Å². The fraction of sp³-hybridized carbons (Fsp3) is 0.278. The van der Waals surface area contributed by atoms with Crippen LogP contribution >= 0.6 is 0 Å². The van der Waals surface area contributed by atoms with Gasteiger partial charge in [0.1, 0.15) is 18.1 Å². The van der Waals surface area contributed by atoms with E-state index in [0.29, 0.717) is 30.4 Å². The highest BCUT2D eigenvalue weighted by Crippen LogP contribution is 2.24. The Morgan fingerprint density at radius 2 is 1.93 bits per heavy atom. The molecule has 1 aliphatic rings. The van der Waals surface area contributed by atoms with Gasteiger partial charge in [0.15, 0.2) is 0 Å². The zero-order valence-electron chi connectivity index (χ0n) is 15.2. The minimum absolute atomic E-state index is 0.169. The van der Waals surface area contributed by atoms with Crippen molar-refractivity contribution in [1.82, 2.24) is 24.3 Å². The Bertz CT molecular complexity index is 1050. The van der Waals surface area contributed by atoms with E-state index in [1.807, 2.05) is 6.07 Å². The van der Waals surface area contributed by atoms with Gasteiger partial charge in [-0.15, -0.1) is 5.10 Å². The van der Waals surface area contributed by atoms with Crippen LogP contribution in [0.2, 0.25) is 0 Å². The fourth-order valence-electron chi connectivity index (χ4n) is 2.96. The van der Waals surface area contributed by atoms with Gasteiger partial charge in [0.25, 0.3) is 0 Å². The first-order valence-corrected chi connectivity index (χ1v) is 10.1. The first-order chi connectivity index (χ1) is 13.6. The third kappa shape index (κ3) is 3.56. The summed E-state index contributed by atoms with van der Waals surface area (Å²) in [5, 5.41) is 8.26. The highest BCUT2D eigenvalue weighted by atomic mass is 32.2. The van der Waals surface area contributed by atoms with Gasteiger partial charge < -0.3 is 9.47 Å². The molecule has 3 aromatic rings. The molecule has 1 aliphatic heterocycles. The van der Waals surface area contributed by atoms with Gasteiger partial charge in [0, 0.05) is 18.8 Å². The van der Waals surface area contributed by atoms with Crippen molar-refractivity contribution in [1.29, 1.82) is 0 Å². The number of fused-ring (bicyclic) bond motifs is 1. The Morgan fingerprint density at radius 1 is 1.11 bits per heavy atom. The smallest absolute Gasteiger partial charge is 0.243 e. The lowest BCUT2D eigenvalue weighted by Crippen LogP contribution is -2.38. The summed E-state index contributed by atoms with van der Waals surface area (Å²) in [7, 11) is -2.10. The predicted octanol–water partition coefficient (Wildman–Crippen LogP) is 1.47. The van der Waals surface area contributed by atoms with Crippen LogP contribution in [0.15, 0.2) is 53.6 Å². The number of pyridine rings is 1. The van der Waals surface area contributed by atoms with Crippen LogP contribution in [0.4, 0.5) is 0 Å². The molecule has 0 saturated carbocycles. The van der Waals surface area contributed by atoms with E-state index in [9.17, 15) is 8.42 Å². The number of benzene rings is 1. The molecule has 0 radical (unpaired) electrons. The average molecular weight is 401 g/mol. The summed E-state index contributed by atoms with van der Waals surface area (Å²) in [6, 6.07) is 11.7. The minimum atomic E-state index is -3.64. The second-order valence-corrected chi connectivity index (χ2v) is 8.11. The van der Waals surface area contributed by atoms with Gasteiger partial charge in [-0.05, 0) is 30.3 Å². The molecule has 0 fully saturated rings. The molecule has 1 aromatic carbocycles. The molecule has 0 aliphatic carbocycles. The predicted molar refractivity (Wildman–Crippen MR) is 99.2 cm³/mol. The first kappa shape index (κ1) is 18.4. The van der Waals surface area contributed by atoms with Gasteiger partial charge in [-0.25, -0.2) is 18.1 Å². The number of ether oxygens (including phenoxy) is 2. The summed E-state index contributed by atoms with van der Waals surface area (Å²) >= 11 is 0. The normalized spacial score (nSPS) is 14.5. The SMILES string of the molecule is COc1ccc(S(=O)(=O)N2CCn3nnc(COc4ccccn4)c3C2)cc1. The van der Waals surface area contributed by atoms with Crippen LogP contribution in [0.25, 0.3) is 0 Å². The van der Waals surface area contributed by atoms with E-state index < -0.39 is 10.0 Å². The van der Waals surface area contributed by atoms with Crippen molar-refractivity contribution in [2.45, 2.75) is 24.6 Å². The van der Waals surface area contributed by atoms with E-state index in [1.54, 1.807) is 47.3 Å². The minimum Gasteiger partial charge on any atom is -0.497 e. The van der Waals surface area contributed by atoms with Crippen LogP contribution in [0.5, 0.6) is 11.6 Å². The van der Waals surface area contributed by atoms with Crippen LogP contribution in [0.1, 0.15) is 11.4 Å². The lowest BCUT2D eigenvalue weighted by Gasteiger charge is -2.27. The quantitative estimate of drug-likeness (QED) is 0.617. The molecular weight excluding hydrogens is 382 g/mol. The van der Waals surface area contributed by atoms with E-state index in [1.165, 1.54) is 11.4 Å². The number of hydrogen-bond donors (Lipinski definition) is 0. The molecule has 0 unspecified atom stereocenters. The summed E-state index contributed by atoms with van der Waals surface area (Å²) < 4.78 is 39.9. The molecule has 10 heteroatoms. The molecule has 9 nitrogen and oxygen atoms in total. The first-order valence-electron chi connectivity index (χ1n) is 8.67. The van der Waals surface area contributed by atoms with Crippen molar-refractivity contribution >= 4 is 10.0 Å². The maximum Gasteiger partial charge on any atom is 0.243 e. The molecule has 28 heavy (non-hydrogen) atoms. The fourth-order valence-corrected chi connectivity index (χ4v) is 4.35. The number of sulfonamides is 1. The highest BCUT2D eigenvalue weighted by molar-refractivity contribution is 7.89. The highest BCUT2D eigenvalue weighted by Gasteiger charge is 2.31. The lowest BCUT2D eigenvalue weighted by molar-refractivity contribution is 0.281. The zero-order valence-corrected chi connectivity index (χ0v) is 16.0. The van der Waals surface area contributed by atoms with Gasteiger partial charge in [0.2, 0.25) is 15.9 Å². The molecule has 0 amide bonds. The molecule has 0 bridgehead atoms. The third-order valence-corrected chi connectivity index (χ3v) is 6.36. The standard InChI is InChI=1S/C18H19N5O4S/c1-26-14-5-7-15(8-6-14)28(24,25)22-10-11-23-17(12-22)16(20-21-23)13-27-18-4-2-3-9-19-18/h2-9H,10-13H2,1H3. The van der Waals surface area contributed by atoms with E-state index in [4.69, 9.17) is 9.47 Å². The number of rotatable bonds is 6. The molecule has 0 saturated heterocycles. The number of hydrogen-bond acceptors (Lipinski definition) is 7. The zero-order chi connectivity index (χ0) is 19.6. The van der Waals surface area contributed by atoms with Crippen molar-refractivity contribution in [3.63, 3.8) is 0 Å². The largest absolute Gasteiger partial charge is 0.497 e. The molecule has 146 valence electrons. The lowest BCUT2D eigenvalue weighted by atomic mass is 10.3. The Hall–Kier alpha value is -2.98. The Morgan fingerprint density at radius 3 is 2.64 bits per heavy atom. The van der Waals surface area contributed by atoms with Crippen molar-refractivity contribution in [2.24, 2.45) is 0 Å². The molecule has 2 aromatic heterocycles. The second-order valence-electron chi connectivity index (χ2n) is 6.18. The molecule has 3 heterocycles. The second kappa shape index (κ2) is 7.56. The van der Waals surface area contributed by atoms with Crippen LogP contribution in [-0.2, 0) is 29.7 Å². The molecule has 0 atom stereocenters. The molecule has 0 N–H and O–H groups in total. The maximum absolute atomic E-state index is 13.0. The average Bonchev–Trinajstić information content (AvgIpc) is 3.15.